The number of nitrogens with one attached hydrogen (secondary N) is 1. The van der Waals surface area contributed by atoms with Crippen LogP contribution in [0.4, 0.5) is 5.13 Å². The van der Waals surface area contributed by atoms with E-state index < -0.39 is 0 Å². The van der Waals surface area contributed by atoms with Crippen molar-refractivity contribution in [2.75, 3.05) is 31.1 Å². The molecule has 2 rings (SSSR count). The van der Waals surface area contributed by atoms with E-state index in [1.165, 1.54) is 35.0 Å². The van der Waals surface area contributed by atoms with Crippen molar-refractivity contribution in [1.29, 1.82) is 0 Å². The summed E-state index contributed by atoms with van der Waals surface area (Å²) in [5, 5.41) is 4.85. The average molecular weight is 295 g/mol. The van der Waals surface area contributed by atoms with Crippen LogP contribution in [0.15, 0.2) is 0 Å². The Morgan fingerprint density at radius 2 is 2.10 bits per heavy atom. The predicted molar refractivity (Wildman–Crippen MR) is 89.1 cm³/mol. The van der Waals surface area contributed by atoms with Crippen LogP contribution in [0.2, 0.25) is 0 Å². The molecule has 1 aromatic heterocycles. The number of fused-ring (bicyclic) bond motifs is 1. The van der Waals surface area contributed by atoms with Crippen LogP contribution in [0.3, 0.4) is 0 Å². The molecule has 0 aliphatic heterocycles. The minimum Gasteiger partial charge on any atom is -0.349 e. The normalized spacial score (nSPS) is 18.4. The maximum atomic E-state index is 4.98. The molecule has 20 heavy (non-hydrogen) atoms. The van der Waals surface area contributed by atoms with Gasteiger partial charge in [-0.2, -0.15) is 0 Å². The quantitative estimate of drug-likeness (QED) is 0.832. The van der Waals surface area contributed by atoms with E-state index in [1.54, 1.807) is 0 Å². The highest BCUT2D eigenvalue weighted by molar-refractivity contribution is 7.15. The summed E-state index contributed by atoms with van der Waals surface area (Å²) in [6.07, 6.45) is 3.84. The van der Waals surface area contributed by atoms with Crippen LogP contribution in [0.5, 0.6) is 0 Å². The van der Waals surface area contributed by atoms with E-state index in [0.717, 1.165) is 32.1 Å². The molecule has 0 bridgehead atoms. The number of aromatic nitrogens is 1. The summed E-state index contributed by atoms with van der Waals surface area (Å²) in [5.74, 6) is 1.35. The number of nitrogens with zero attached hydrogens (tertiary/aromatic N) is 2. The van der Waals surface area contributed by atoms with Crippen molar-refractivity contribution in [2.45, 2.75) is 52.9 Å². The Bertz CT molecular complexity index is 410. The van der Waals surface area contributed by atoms with Gasteiger partial charge in [0.2, 0.25) is 0 Å². The molecule has 0 saturated heterocycles. The predicted octanol–water partition coefficient (Wildman–Crippen LogP) is 3.65. The summed E-state index contributed by atoms with van der Waals surface area (Å²) in [4.78, 5) is 8.89. The highest BCUT2D eigenvalue weighted by Gasteiger charge is 2.25. The molecule has 1 heterocycles. The second kappa shape index (κ2) is 7.41. The molecule has 4 heteroatoms. The molecular weight excluding hydrogens is 266 g/mol. The number of anilines is 1. The lowest BCUT2D eigenvalue weighted by Crippen LogP contribution is -2.27. The topological polar surface area (TPSA) is 28.2 Å². The summed E-state index contributed by atoms with van der Waals surface area (Å²) in [6, 6.07) is 0. The Labute approximate surface area is 127 Å². The second-order valence-corrected chi connectivity index (χ2v) is 7.18. The molecule has 0 amide bonds. The molecule has 1 aliphatic rings. The Hall–Kier alpha value is -0.610. The van der Waals surface area contributed by atoms with Crippen LogP contribution >= 0.6 is 11.3 Å². The van der Waals surface area contributed by atoms with Crippen molar-refractivity contribution in [3.05, 3.63) is 10.6 Å². The van der Waals surface area contributed by atoms with Gasteiger partial charge in [0.15, 0.2) is 5.13 Å². The van der Waals surface area contributed by atoms with E-state index in [-0.39, 0.29) is 0 Å². The lowest BCUT2D eigenvalue weighted by molar-refractivity contribution is 0.473. The van der Waals surface area contributed by atoms with Crippen LogP contribution in [0, 0.1) is 5.92 Å². The van der Waals surface area contributed by atoms with Crippen molar-refractivity contribution in [3.8, 4) is 0 Å². The Morgan fingerprint density at radius 1 is 1.35 bits per heavy atom. The van der Waals surface area contributed by atoms with Gasteiger partial charge >= 0.3 is 0 Å². The zero-order chi connectivity index (χ0) is 14.5. The standard InChI is InChI=1S/C16H29N3S/c1-5-19(6-2)16-18-15-13(11-17-10-12(3)4)8-7-9-14(15)20-16/h12-13,17H,5-11H2,1-4H3. The zero-order valence-corrected chi connectivity index (χ0v) is 14.2. The first-order chi connectivity index (χ1) is 9.65. The fourth-order valence-corrected chi connectivity index (χ4v) is 4.18. The van der Waals surface area contributed by atoms with Crippen molar-refractivity contribution >= 4 is 16.5 Å². The molecule has 1 N–H and O–H groups in total. The lowest BCUT2D eigenvalue weighted by atomic mass is 9.91. The molecule has 114 valence electrons. The van der Waals surface area contributed by atoms with Crippen LogP contribution in [-0.2, 0) is 6.42 Å². The van der Waals surface area contributed by atoms with Gasteiger partial charge in [0.05, 0.1) is 5.69 Å². The van der Waals surface area contributed by atoms with E-state index in [9.17, 15) is 0 Å². The number of thiazole rings is 1. The summed E-state index contributed by atoms with van der Waals surface area (Å²) in [7, 11) is 0. The molecule has 1 atom stereocenters. The first kappa shape index (κ1) is 15.8. The van der Waals surface area contributed by atoms with E-state index in [4.69, 9.17) is 4.98 Å². The third kappa shape index (κ3) is 3.73. The van der Waals surface area contributed by atoms with Crippen molar-refractivity contribution in [2.24, 2.45) is 5.92 Å². The molecule has 0 saturated carbocycles. The summed E-state index contributed by atoms with van der Waals surface area (Å²) in [5.41, 5.74) is 1.39. The minimum absolute atomic E-state index is 0.623. The van der Waals surface area contributed by atoms with Crippen LogP contribution in [-0.4, -0.2) is 31.2 Å². The van der Waals surface area contributed by atoms with Crippen LogP contribution in [0.1, 0.15) is 57.0 Å². The van der Waals surface area contributed by atoms with Crippen molar-refractivity contribution < 1.29 is 0 Å². The van der Waals surface area contributed by atoms with Gasteiger partial charge in [-0.1, -0.05) is 13.8 Å². The highest BCUT2D eigenvalue weighted by Crippen LogP contribution is 2.37. The molecule has 1 aromatic rings. The van der Waals surface area contributed by atoms with Gasteiger partial charge in [-0.3, -0.25) is 0 Å². The molecule has 0 radical (unpaired) electrons. The van der Waals surface area contributed by atoms with Gasteiger partial charge in [-0.05, 0) is 45.6 Å². The van der Waals surface area contributed by atoms with E-state index in [0.29, 0.717) is 5.92 Å². The Kier molecular flexibility index (Phi) is 5.85. The van der Waals surface area contributed by atoms with Gasteiger partial charge < -0.3 is 10.2 Å². The van der Waals surface area contributed by atoms with Gasteiger partial charge in [0.25, 0.3) is 0 Å². The molecule has 1 unspecified atom stereocenters. The number of hydrogen-bond donors (Lipinski definition) is 1. The summed E-state index contributed by atoms with van der Waals surface area (Å²) in [6.45, 7) is 13.3. The highest BCUT2D eigenvalue weighted by atomic mass is 32.1. The SMILES string of the molecule is CCN(CC)c1nc2c(s1)CCCC2CNCC(C)C. The van der Waals surface area contributed by atoms with Crippen molar-refractivity contribution in [3.63, 3.8) is 0 Å². The van der Waals surface area contributed by atoms with Gasteiger partial charge in [0, 0.05) is 30.4 Å². The fraction of sp³-hybridized carbons (Fsp3) is 0.812. The van der Waals surface area contributed by atoms with Crippen LogP contribution < -0.4 is 10.2 Å². The minimum atomic E-state index is 0.623. The van der Waals surface area contributed by atoms with E-state index in [2.05, 4.69) is 37.9 Å². The number of aryl methyl sites for hydroxylation is 1. The molecular formula is C16H29N3S. The molecule has 1 aliphatic carbocycles. The van der Waals surface area contributed by atoms with Crippen molar-refractivity contribution in [1.82, 2.24) is 10.3 Å². The smallest absolute Gasteiger partial charge is 0.185 e. The molecule has 0 spiro atoms. The maximum absolute atomic E-state index is 4.98. The second-order valence-electron chi connectivity index (χ2n) is 6.12. The largest absolute Gasteiger partial charge is 0.349 e. The first-order valence-corrected chi connectivity index (χ1v) is 8.92. The zero-order valence-electron chi connectivity index (χ0n) is 13.4. The molecule has 0 fully saturated rings. The molecule has 0 aromatic carbocycles. The fourth-order valence-electron chi connectivity index (χ4n) is 2.87. The number of hydrogen-bond acceptors (Lipinski definition) is 4. The van der Waals surface area contributed by atoms with E-state index in [1.807, 2.05) is 11.3 Å². The lowest BCUT2D eigenvalue weighted by Gasteiger charge is -2.22. The van der Waals surface area contributed by atoms with Crippen LogP contribution in [0.25, 0.3) is 0 Å². The summed E-state index contributed by atoms with van der Waals surface area (Å²) < 4.78 is 0. The first-order valence-electron chi connectivity index (χ1n) is 8.10. The van der Waals surface area contributed by atoms with Gasteiger partial charge in [-0.15, -0.1) is 11.3 Å². The third-order valence-corrected chi connectivity index (χ3v) is 5.23. The summed E-state index contributed by atoms with van der Waals surface area (Å²) >= 11 is 1.92. The Morgan fingerprint density at radius 3 is 2.75 bits per heavy atom. The van der Waals surface area contributed by atoms with Gasteiger partial charge in [0.1, 0.15) is 0 Å². The average Bonchev–Trinajstić information content (AvgIpc) is 2.84. The van der Waals surface area contributed by atoms with Gasteiger partial charge in [-0.25, -0.2) is 4.98 Å². The number of rotatable bonds is 7. The molecule has 3 nitrogen and oxygen atoms in total. The monoisotopic (exact) mass is 295 g/mol. The van der Waals surface area contributed by atoms with E-state index >= 15 is 0 Å². The maximum Gasteiger partial charge on any atom is 0.185 e. The third-order valence-electron chi connectivity index (χ3n) is 4.04. The Balaban J connectivity index is 2.06.